The molecule has 0 aromatic carbocycles. The molecule has 0 aliphatic heterocycles. The van der Waals surface area contributed by atoms with Gasteiger partial charge in [-0.15, -0.1) is 0 Å². The summed E-state index contributed by atoms with van der Waals surface area (Å²) in [6, 6.07) is 3.90. The molecule has 0 saturated carbocycles. The van der Waals surface area contributed by atoms with Crippen LogP contribution in [-0.4, -0.2) is 14.2 Å². The fraction of sp³-hybridized carbons (Fsp3) is 0.0769. The summed E-state index contributed by atoms with van der Waals surface area (Å²) in [5, 5.41) is 11.2. The Morgan fingerprint density at radius 1 is 0.895 bits per heavy atom. The first-order valence-electron chi connectivity index (χ1n) is 5.39. The lowest BCUT2D eigenvalue weighted by molar-refractivity contribution is 0.596. The molecule has 0 aliphatic rings. The first kappa shape index (κ1) is 14.9. The normalized spacial score (nSPS) is 15.3. The molecule has 2 rings (SSSR count). The molecule has 6 heteroatoms. The van der Waals surface area contributed by atoms with Gasteiger partial charge < -0.3 is 9.11 Å². The van der Waals surface area contributed by atoms with Crippen LogP contribution in [0.5, 0.6) is 0 Å². The van der Waals surface area contributed by atoms with E-state index in [1.165, 1.54) is 0 Å². The molecular weight excluding hydrogens is 316 g/mol. The zero-order chi connectivity index (χ0) is 13.5. The van der Waals surface area contributed by atoms with E-state index >= 15 is 0 Å². The summed E-state index contributed by atoms with van der Waals surface area (Å²) < 4.78 is 23.4. The van der Waals surface area contributed by atoms with Crippen molar-refractivity contribution in [2.45, 2.75) is 0 Å². The second kappa shape index (κ2) is 7.94. The van der Waals surface area contributed by atoms with Gasteiger partial charge >= 0.3 is 0 Å². The molecule has 2 aromatic heterocycles. The Labute approximate surface area is 126 Å². The summed E-state index contributed by atoms with van der Waals surface area (Å²) in [6.45, 7) is 0. The molecule has 0 N–H and O–H groups in total. The summed E-state index contributed by atoms with van der Waals surface area (Å²) in [5.74, 6) is 0. The van der Waals surface area contributed by atoms with Crippen molar-refractivity contribution in [2.75, 3.05) is 5.08 Å². The van der Waals surface area contributed by atoms with Crippen molar-refractivity contribution in [2.24, 2.45) is 0 Å². The number of hydrogen-bond acceptors (Lipinski definition) is 4. The lowest BCUT2D eigenvalue weighted by Gasteiger charge is -2.07. The Morgan fingerprint density at radius 2 is 1.37 bits per heavy atom. The first-order valence-corrected chi connectivity index (χ1v) is 10.0. The highest BCUT2D eigenvalue weighted by Gasteiger charge is 2.11. The number of hydrogen-bond donors (Lipinski definition) is 0. The van der Waals surface area contributed by atoms with Crippen LogP contribution in [-0.2, 0) is 22.4 Å². The van der Waals surface area contributed by atoms with Gasteiger partial charge in [0.15, 0.2) is 0 Å². The zero-order valence-corrected chi connectivity index (χ0v) is 13.2. The van der Waals surface area contributed by atoms with Crippen molar-refractivity contribution >= 4 is 57.2 Å². The van der Waals surface area contributed by atoms with Crippen LogP contribution in [0.2, 0.25) is 0 Å². The largest absolute Gasteiger partial charge is 0.608 e. The molecule has 2 nitrogen and oxygen atoms in total. The zero-order valence-electron chi connectivity index (χ0n) is 9.93. The van der Waals surface area contributed by atoms with Crippen molar-refractivity contribution in [3.05, 3.63) is 55.6 Å². The molecule has 0 radical (unpaired) electrons. The van der Waals surface area contributed by atoms with Crippen LogP contribution < -0.4 is 0 Å². The molecule has 2 heterocycles. The highest BCUT2D eigenvalue weighted by molar-refractivity contribution is 8.10. The summed E-state index contributed by atoms with van der Waals surface area (Å²) >= 11 is 0.767. The van der Waals surface area contributed by atoms with E-state index in [0.29, 0.717) is 0 Å². The van der Waals surface area contributed by atoms with Gasteiger partial charge in [0.1, 0.15) is 10.8 Å². The van der Waals surface area contributed by atoms with Crippen LogP contribution in [0.3, 0.4) is 0 Å². The maximum Gasteiger partial charge on any atom is 0.262 e. The molecule has 0 aliphatic carbocycles. The van der Waals surface area contributed by atoms with Gasteiger partial charge in [0.2, 0.25) is 0 Å². The van der Waals surface area contributed by atoms with Gasteiger partial charge in [-0.2, -0.15) is 22.7 Å². The van der Waals surface area contributed by atoms with Gasteiger partial charge in [0.05, 0.1) is 0 Å². The predicted octanol–water partition coefficient (Wildman–Crippen LogP) is 3.91. The molecule has 2 atom stereocenters. The summed E-state index contributed by atoms with van der Waals surface area (Å²) in [4.78, 5) is 0. The first-order chi connectivity index (χ1) is 9.24. The third-order valence-corrected chi connectivity index (χ3v) is 6.28. The number of thiophene rings is 2. The molecular formula is C13H12O2S4. The van der Waals surface area contributed by atoms with Crippen LogP contribution in [0.15, 0.2) is 44.5 Å². The lowest BCUT2D eigenvalue weighted by Crippen LogP contribution is -2.11. The average molecular weight is 329 g/mol. The molecule has 0 amide bonds. The third-order valence-electron chi connectivity index (χ3n) is 2.14. The van der Waals surface area contributed by atoms with Crippen LogP contribution in [0, 0.1) is 0 Å². The van der Waals surface area contributed by atoms with E-state index in [0.717, 1.165) is 11.1 Å². The smallest absolute Gasteiger partial charge is 0.262 e. The summed E-state index contributed by atoms with van der Waals surface area (Å²) in [7, 11) is 0. The van der Waals surface area contributed by atoms with Crippen LogP contribution in [0.1, 0.15) is 11.1 Å². The fourth-order valence-electron chi connectivity index (χ4n) is 1.24. The topological polar surface area (TPSA) is 46.1 Å². The standard InChI is InChI=1S/C13H12O2S4/c14-18(7-3-12-1-5-16-9-12)11-19(15)8-4-13-2-6-17-10-13/h1-10H,11H2. The maximum absolute atomic E-state index is 11.7. The fourth-order valence-corrected chi connectivity index (χ4v) is 4.66. The van der Waals surface area contributed by atoms with Crippen LogP contribution in [0.25, 0.3) is 12.2 Å². The number of rotatable bonds is 6. The maximum atomic E-state index is 11.7. The molecule has 2 aromatic rings. The Morgan fingerprint density at radius 3 is 1.74 bits per heavy atom. The van der Waals surface area contributed by atoms with Crippen molar-refractivity contribution < 1.29 is 9.11 Å². The Bertz CT molecular complexity index is 469. The van der Waals surface area contributed by atoms with Crippen molar-refractivity contribution in [1.29, 1.82) is 0 Å². The minimum absolute atomic E-state index is 0.140. The van der Waals surface area contributed by atoms with E-state index < -0.39 is 22.4 Å². The molecule has 19 heavy (non-hydrogen) atoms. The van der Waals surface area contributed by atoms with E-state index in [-0.39, 0.29) is 5.08 Å². The van der Waals surface area contributed by atoms with Gasteiger partial charge in [-0.25, -0.2) is 0 Å². The quantitative estimate of drug-likeness (QED) is 0.755. The van der Waals surface area contributed by atoms with Gasteiger partial charge in [0, 0.05) is 22.4 Å². The predicted molar refractivity (Wildman–Crippen MR) is 87.9 cm³/mol. The van der Waals surface area contributed by atoms with Crippen LogP contribution >= 0.6 is 22.7 Å². The van der Waals surface area contributed by atoms with Gasteiger partial charge in [-0.05, 0) is 56.9 Å². The van der Waals surface area contributed by atoms with E-state index in [9.17, 15) is 9.11 Å². The summed E-state index contributed by atoms with van der Waals surface area (Å²) in [6.07, 6.45) is 3.60. The van der Waals surface area contributed by atoms with E-state index in [1.807, 2.05) is 33.7 Å². The van der Waals surface area contributed by atoms with E-state index in [4.69, 9.17) is 0 Å². The Hall–Kier alpha value is -0.500. The highest BCUT2D eigenvalue weighted by atomic mass is 32.3. The minimum Gasteiger partial charge on any atom is -0.608 e. The molecule has 100 valence electrons. The van der Waals surface area contributed by atoms with E-state index in [1.54, 1.807) is 45.6 Å². The van der Waals surface area contributed by atoms with Crippen molar-refractivity contribution in [1.82, 2.24) is 0 Å². The van der Waals surface area contributed by atoms with Crippen molar-refractivity contribution in [3.8, 4) is 0 Å². The Balaban J connectivity index is 1.80. The van der Waals surface area contributed by atoms with Gasteiger partial charge in [-0.3, -0.25) is 0 Å². The molecule has 0 bridgehead atoms. The molecule has 2 unspecified atom stereocenters. The molecule has 0 saturated heterocycles. The second-order valence-corrected chi connectivity index (χ2v) is 8.17. The second-order valence-electron chi connectivity index (χ2n) is 3.60. The average Bonchev–Trinajstić information content (AvgIpc) is 3.07. The van der Waals surface area contributed by atoms with E-state index in [2.05, 4.69) is 0 Å². The lowest BCUT2D eigenvalue weighted by atomic mass is 10.3. The van der Waals surface area contributed by atoms with Crippen LogP contribution in [0.4, 0.5) is 0 Å². The van der Waals surface area contributed by atoms with Gasteiger partial charge in [-0.1, -0.05) is 0 Å². The SMILES string of the molecule is [O-][S+](C=Cc1ccsc1)C[S+]([O-])C=Cc1ccsc1. The monoisotopic (exact) mass is 328 g/mol. The van der Waals surface area contributed by atoms with Crippen molar-refractivity contribution in [3.63, 3.8) is 0 Å². The molecule has 0 spiro atoms. The summed E-state index contributed by atoms with van der Waals surface area (Å²) in [5.41, 5.74) is 2.05. The third kappa shape index (κ3) is 5.56. The van der Waals surface area contributed by atoms with Gasteiger partial charge in [0.25, 0.3) is 5.08 Å². The minimum atomic E-state index is -1.21. The Kier molecular flexibility index (Phi) is 6.22. The molecule has 0 fully saturated rings. The highest BCUT2D eigenvalue weighted by Crippen LogP contribution is 2.12.